The van der Waals surface area contributed by atoms with Crippen LogP contribution in [0.15, 0.2) is 23.6 Å². The predicted molar refractivity (Wildman–Crippen MR) is 83.0 cm³/mol. The zero-order chi connectivity index (χ0) is 18.6. The first kappa shape index (κ1) is 18.8. The second kappa shape index (κ2) is 7.55. The topological polar surface area (TPSA) is 100 Å². The van der Waals surface area contributed by atoms with E-state index in [1.165, 1.54) is 6.20 Å². The molecule has 0 aromatic carbocycles. The molecule has 134 valence electrons. The summed E-state index contributed by atoms with van der Waals surface area (Å²) in [5.41, 5.74) is 6.48. The number of nitrogens with two attached hydrogens (primary N) is 1. The molecule has 25 heavy (non-hydrogen) atoms. The number of alkyl halides is 3. The first-order valence-corrected chi connectivity index (χ1v) is 7.73. The Labute approximate surface area is 144 Å². The molecule has 0 unspecified atom stereocenters. The molecule has 0 atom stereocenters. The highest BCUT2D eigenvalue weighted by Gasteiger charge is 2.34. The maximum absolute atomic E-state index is 13.0. The van der Waals surface area contributed by atoms with Crippen LogP contribution in [0.5, 0.6) is 5.88 Å². The zero-order valence-electron chi connectivity index (χ0n) is 13.1. The van der Waals surface area contributed by atoms with E-state index in [2.05, 4.69) is 24.4 Å². The number of hydrogen-bond donors (Lipinski definition) is 1. The molecule has 7 nitrogen and oxygen atoms in total. The molecule has 0 radical (unpaired) electrons. The molecule has 0 amide bonds. The van der Waals surface area contributed by atoms with Gasteiger partial charge in [-0.15, -0.1) is 0 Å². The molecule has 0 aliphatic rings. The lowest BCUT2D eigenvalue weighted by atomic mass is 10.1. The van der Waals surface area contributed by atoms with Crippen molar-refractivity contribution >= 4 is 23.6 Å². The number of pyridine rings is 1. The van der Waals surface area contributed by atoms with E-state index in [-0.39, 0.29) is 10.9 Å². The van der Waals surface area contributed by atoms with Crippen LogP contribution in [-0.4, -0.2) is 28.2 Å². The number of carbonyl (C=O) groups excluding carboxylic acids is 1. The second-order valence-electron chi connectivity index (χ2n) is 4.74. The molecule has 2 heterocycles. The van der Waals surface area contributed by atoms with Crippen LogP contribution in [0, 0.1) is 6.92 Å². The maximum Gasteiger partial charge on any atom is 0.514 e. The highest BCUT2D eigenvalue weighted by molar-refractivity contribution is 7.98. The Hall–Kier alpha value is -2.56. The zero-order valence-corrected chi connectivity index (χ0v) is 13.9. The summed E-state index contributed by atoms with van der Waals surface area (Å²) in [4.78, 5) is 22.3. The summed E-state index contributed by atoms with van der Waals surface area (Å²) in [5.74, 6) is -0.338. The highest BCUT2D eigenvalue weighted by Crippen LogP contribution is 2.32. The fourth-order valence-corrected chi connectivity index (χ4v) is 2.72. The molecule has 2 aromatic rings. The summed E-state index contributed by atoms with van der Waals surface area (Å²) in [7, 11) is 1.03. The van der Waals surface area contributed by atoms with Crippen LogP contribution in [0.25, 0.3) is 0 Å². The molecule has 2 N–H and O–H groups in total. The van der Waals surface area contributed by atoms with Gasteiger partial charge in [-0.2, -0.15) is 18.2 Å². The summed E-state index contributed by atoms with van der Waals surface area (Å²) in [6.45, 7) is 1.78. The Balaban J connectivity index is 2.29. The number of thioether (sulfide) groups is 1. The molecule has 0 saturated heterocycles. The Morgan fingerprint density at radius 3 is 2.64 bits per heavy atom. The van der Waals surface area contributed by atoms with Crippen molar-refractivity contribution in [3.8, 4) is 5.88 Å². The van der Waals surface area contributed by atoms with E-state index in [0.717, 1.165) is 24.4 Å². The van der Waals surface area contributed by atoms with Crippen molar-refractivity contribution in [1.82, 2.24) is 15.0 Å². The van der Waals surface area contributed by atoms with Gasteiger partial charge in [-0.05, 0) is 18.1 Å². The van der Waals surface area contributed by atoms with Crippen LogP contribution in [0.3, 0.4) is 0 Å². The highest BCUT2D eigenvalue weighted by atomic mass is 32.2. The number of carbonyl (C=O) groups is 1. The van der Waals surface area contributed by atoms with Gasteiger partial charge in [0.1, 0.15) is 0 Å². The quantitative estimate of drug-likeness (QED) is 0.495. The van der Waals surface area contributed by atoms with E-state index in [1.54, 1.807) is 13.1 Å². The number of rotatable bonds is 4. The third kappa shape index (κ3) is 4.95. The van der Waals surface area contributed by atoms with Crippen LogP contribution in [-0.2, 0) is 16.7 Å². The average Bonchev–Trinajstić information content (AvgIpc) is 2.53. The van der Waals surface area contributed by atoms with Crippen LogP contribution < -0.4 is 10.5 Å². The van der Waals surface area contributed by atoms with E-state index in [0.29, 0.717) is 17.3 Å². The van der Waals surface area contributed by atoms with E-state index in [9.17, 15) is 18.0 Å². The van der Waals surface area contributed by atoms with E-state index in [1.807, 2.05) is 0 Å². The Morgan fingerprint density at radius 1 is 1.32 bits per heavy atom. The van der Waals surface area contributed by atoms with Gasteiger partial charge in [0.25, 0.3) is 0 Å². The van der Waals surface area contributed by atoms with Gasteiger partial charge in [-0.25, -0.2) is 9.78 Å². The van der Waals surface area contributed by atoms with E-state index < -0.39 is 23.9 Å². The van der Waals surface area contributed by atoms with Crippen molar-refractivity contribution in [2.75, 3.05) is 12.8 Å². The minimum atomic E-state index is -4.72. The largest absolute Gasteiger partial charge is 0.514 e. The first-order valence-electron chi connectivity index (χ1n) is 6.74. The number of ether oxygens (including phenoxy) is 2. The SMILES string of the molecule is COC(=O)Oc1cc(C(F)(F)F)nc(SCc2c(C)cncc2N)n1. The standard InChI is InChI=1S/C14H13F3N4O3S/c1-7-4-19-5-9(18)8(7)6-25-12-20-10(14(15,16)17)3-11(21-12)24-13(22)23-2/h3-5H,6,18H2,1-2H3. The van der Waals surface area contributed by atoms with Crippen LogP contribution in [0.2, 0.25) is 0 Å². The molecule has 2 aromatic heterocycles. The predicted octanol–water partition coefficient (Wildman–Crippen LogP) is 3.22. The molecule has 0 bridgehead atoms. The maximum atomic E-state index is 13.0. The number of halogens is 3. The number of hydrogen-bond acceptors (Lipinski definition) is 8. The van der Waals surface area contributed by atoms with Gasteiger partial charge in [0.2, 0.25) is 5.88 Å². The van der Waals surface area contributed by atoms with E-state index >= 15 is 0 Å². The van der Waals surface area contributed by atoms with Crippen molar-refractivity contribution in [3.63, 3.8) is 0 Å². The van der Waals surface area contributed by atoms with Crippen molar-refractivity contribution < 1.29 is 27.4 Å². The van der Waals surface area contributed by atoms with Crippen LogP contribution >= 0.6 is 11.8 Å². The smallest absolute Gasteiger partial charge is 0.437 e. The fourth-order valence-electron chi connectivity index (χ4n) is 1.74. The number of aryl methyl sites for hydroxylation is 1. The van der Waals surface area contributed by atoms with Crippen LogP contribution in [0.1, 0.15) is 16.8 Å². The minimum Gasteiger partial charge on any atom is -0.437 e. The lowest BCUT2D eigenvalue weighted by Crippen LogP contribution is -2.13. The number of anilines is 1. The molecule has 11 heteroatoms. The number of methoxy groups -OCH3 is 1. The summed E-state index contributed by atoms with van der Waals surface area (Å²) < 4.78 is 47.7. The number of nitrogen functional groups attached to an aromatic ring is 1. The van der Waals surface area contributed by atoms with Gasteiger partial charge in [0.05, 0.1) is 19.0 Å². The van der Waals surface area contributed by atoms with Gasteiger partial charge in [0.15, 0.2) is 10.9 Å². The summed E-state index contributed by atoms with van der Waals surface area (Å²) in [6.07, 6.45) is -2.87. The monoisotopic (exact) mass is 374 g/mol. The van der Waals surface area contributed by atoms with Gasteiger partial charge in [-0.3, -0.25) is 4.98 Å². The Kier molecular flexibility index (Phi) is 5.67. The van der Waals surface area contributed by atoms with Crippen molar-refractivity contribution in [2.24, 2.45) is 0 Å². The van der Waals surface area contributed by atoms with Gasteiger partial charge in [0, 0.05) is 18.0 Å². The summed E-state index contributed by atoms with van der Waals surface area (Å²) in [5, 5.41) is -0.218. The lowest BCUT2D eigenvalue weighted by Gasteiger charge is -2.11. The molecule has 0 aliphatic carbocycles. The Morgan fingerprint density at radius 2 is 2.04 bits per heavy atom. The molecule has 0 fully saturated rings. The molecular weight excluding hydrogens is 361 g/mol. The minimum absolute atomic E-state index is 0.218. The lowest BCUT2D eigenvalue weighted by molar-refractivity contribution is -0.141. The molecule has 0 aliphatic heterocycles. The number of aromatic nitrogens is 3. The fraction of sp³-hybridized carbons (Fsp3) is 0.286. The van der Waals surface area contributed by atoms with E-state index in [4.69, 9.17) is 5.73 Å². The third-order valence-electron chi connectivity index (χ3n) is 2.98. The van der Waals surface area contributed by atoms with Crippen molar-refractivity contribution in [1.29, 1.82) is 0 Å². The normalized spacial score (nSPS) is 11.2. The van der Waals surface area contributed by atoms with Gasteiger partial charge < -0.3 is 15.2 Å². The molecule has 0 spiro atoms. The molecule has 2 rings (SSSR count). The van der Waals surface area contributed by atoms with Gasteiger partial charge >= 0.3 is 12.3 Å². The van der Waals surface area contributed by atoms with Crippen molar-refractivity contribution in [2.45, 2.75) is 24.0 Å². The molecule has 0 saturated carbocycles. The first-order chi connectivity index (χ1) is 11.7. The third-order valence-corrected chi connectivity index (χ3v) is 3.85. The average molecular weight is 374 g/mol. The Bertz CT molecular complexity index is 766. The van der Waals surface area contributed by atoms with Crippen molar-refractivity contribution in [3.05, 3.63) is 35.3 Å². The van der Waals surface area contributed by atoms with Crippen LogP contribution in [0.4, 0.5) is 23.7 Å². The number of nitrogens with zero attached hydrogens (tertiary/aromatic N) is 3. The van der Waals surface area contributed by atoms with Gasteiger partial charge in [-0.1, -0.05) is 11.8 Å². The summed E-state index contributed by atoms with van der Waals surface area (Å²) in [6, 6.07) is 0.521. The summed E-state index contributed by atoms with van der Waals surface area (Å²) >= 11 is 0.919. The molecular formula is C14H13F3N4O3S. The second-order valence-corrected chi connectivity index (χ2v) is 5.68.